The summed E-state index contributed by atoms with van der Waals surface area (Å²) in [6.07, 6.45) is 0. The molecule has 0 saturated heterocycles. The van der Waals surface area contributed by atoms with Crippen molar-refractivity contribution < 1.29 is 27.6 Å². The molecule has 0 spiro atoms. The number of nitrogens with one attached hydrogen (secondary N) is 1. The second kappa shape index (κ2) is 5.27. The van der Waals surface area contributed by atoms with Gasteiger partial charge in [-0.3, -0.25) is 4.72 Å². The van der Waals surface area contributed by atoms with Gasteiger partial charge in [-0.15, -0.1) is 0 Å². The van der Waals surface area contributed by atoms with E-state index in [0.29, 0.717) is 11.0 Å². The normalized spacial score (nSPS) is 14.0. The summed E-state index contributed by atoms with van der Waals surface area (Å²) in [7, 11) is -5.21. The molecule has 0 atom stereocenters. The van der Waals surface area contributed by atoms with Crippen LogP contribution in [0.2, 0.25) is 0 Å². The molecule has 114 valence electrons. The van der Waals surface area contributed by atoms with Gasteiger partial charge < -0.3 is 14.8 Å². The SMILES string of the molecule is O=S(=O)(Nc1cc2c(cc1F)COB2O)c1ccc(O)cc1. The van der Waals surface area contributed by atoms with Gasteiger partial charge in [-0.05, 0) is 47.4 Å². The molecule has 1 aliphatic rings. The van der Waals surface area contributed by atoms with Crippen molar-refractivity contribution in [1.82, 2.24) is 0 Å². The molecule has 2 aromatic rings. The van der Waals surface area contributed by atoms with E-state index in [2.05, 4.69) is 4.72 Å². The number of halogens is 1. The largest absolute Gasteiger partial charge is 0.508 e. The fourth-order valence-electron chi connectivity index (χ4n) is 2.15. The lowest BCUT2D eigenvalue weighted by molar-refractivity contribution is 0.275. The minimum atomic E-state index is -4.01. The molecule has 0 radical (unpaired) electrons. The van der Waals surface area contributed by atoms with Crippen LogP contribution in [0.5, 0.6) is 5.75 Å². The minimum absolute atomic E-state index is 0.0679. The van der Waals surface area contributed by atoms with Gasteiger partial charge in [0.05, 0.1) is 17.2 Å². The van der Waals surface area contributed by atoms with E-state index in [1.165, 1.54) is 30.3 Å². The Labute approximate surface area is 126 Å². The average Bonchev–Trinajstić information content (AvgIpc) is 2.80. The second-order valence-electron chi connectivity index (χ2n) is 4.79. The summed E-state index contributed by atoms with van der Waals surface area (Å²) in [6, 6.07) is 7.15. The van der Waals surface area contributed by atoms with E-state index in [9.17, 15) is 22.9 Å². The fraction of sp³-hybridized carbons (Fsp3) is 0.0769. The maximum absolute atomic E-state index is 14.0. The summed E-state index contributed by atoms with van der Waals surface area (Å²) in [6.45, 7) is 0.0679. The van der Waals surface area contributed by atoms with Crippen molar-refractivity contribution in [3.63, 3.8) is 0 Å². The topological polar surface area (TPSA) is 95.9 Å². The van der Waals surface area contributed by atoms with Crippen LogP contribution >= 0.6 is 0 Å². The zero-order valence-corrected chi connectivity index (χ0v) is 12.0. The number of hydrogen-bond acceptors (Lipinski definition) is 5. The van der Waals surface area contributed by atoms with Crippen molar-refractivity contribution in [1.29, 1.82) is 0 Å². The number of hydrogen-bond donors (Lipinski definition) is 3. The fourth-order valence-corrected chi connectivity index (χ4v) is 3.21. The molecule has 0 aliphatic carbocycles. The second-order valence-corrected chi connectivity index (χ2v) is 6.48. The van der Waals surface area contributed by atoms with Crippen molar-refractivity contribution in [2.45, 2.75) is 11.5 Å². The quantitative estimate of drug-likeness (QED) is 0.717. The van der Waals surface area contributed by atoms with Crippen LogP contribution in [0.15, 0.2) is 41.3 Å². The van der Waals surface area contributed by atoms with Crippen molar-refractivity contribution in [2.24, 2.45) is 0 Å². The molecule has 3 rings (SSSR count). The maximum Gasteiger partial charge on any atom is 0.491 e. The molecule has 9 heteroatoms. The first-order valence-corrected chi connectivity index (χ1v) is 7.79. The van der Waals surface area contributed by atoms with Crippen LogP contribution in [0.4, 0.5) is 10.1 Å². The molecule has 1 heterocycles. The van der Waals surface area contributed by atoms with Gasteiger partial charge in [0.2, 0.25) is 0 Å². The monoisotopic (exact) mass is 323 g/mol. The lowest BCUT2D eigenvalue weighted by Gasteiger charge is -2.11. The first-order valence-electron chi connectivity index (χ1n) is 6.31. The summed E-state index contributed by atoms with van der Waals surface area (Å²) < 4.78 is 45.4. The first kappa shape index (κ1) is 14.8. The highest BCUT2D eigenvalue weighted by molar-refractivity contribution is 7.92. The third kappa shape index (κ3) is 2.65. The van der Waals surface area contributed by atoms with Crippen LogP contribution < -0.4 is 10.2 Å². The van der Waals surface area contributed by atoms with Crippen molar-refractivity contribution in [3.05, 3.63) is 47.8 Å². The molecule has 0 fully saturated rings. The van der Waals surface area contributed by atoms with E-state index >= 15 is 0 Å². The van der Waals surface area contributed by atoms with Gasteiger partial charge in [0.25, 0.3) is 10.0 Å². The summed E-state index contributed by atoms with van der Waals surface area (Å²) in [4.78, 5) is -0.123. The number of anilines is 1. The Morgan fingerprint density at radius 2 is 1.91 bits per heavy atom. The molecule has 0 saturated carbocycles. The van der Waals surface area contributed by atoms with Gasteiger partial charge in [-0.25, -0.2) is 12.8 Å². The predicted octanol–water partition coefficient (Wildman–Crippen LogP) is 0.550. The van der Waals surface area contributed by atoms with Gasteiger partial charge >= 0.3 is 7.12 Å². The summed E-state index contributed by atoms with van der Waals surface area (Å²) in [5, 5.41) is 18.8. The molecule has 0 amide bonds. The summed E-state index contributed by atoms with van der Waals surface area (Å²) >= 11 is 0. The van der Waals surface area contributed by atoms with Crippen LogP contribution in [-0.2, 0) is 21.3 Å². The van der Waals surface area contributed by atoms with Crippen LogP contribution in [0.25, 0.3) is 0 Å². The lowest BCUT2D eigenvalue weighted by atomic mass is 9.79. The Morgan fingerprint density at radius 3 is 2.59 bits per heavy atom. The minimum Gasteiger partial charge on any atom is -0.508 e. The number of phenols is 1. The Bertz CT molecular complexity index is 825. The average molecular weight is 323 g/mol. The zero-order chi connectivity index (χ0) is 15.9. The molecule has 1 aliphatic heterocycles. The number of aromatic hydroxyl groups is 1. The van der Waals surface area contributed by atoms with Gasteiger partial charge in [-0.2, -0.15) is 0 Å². The van der Waals surface area contributed by atoms with E-state index < -0.39 is 23.0 Å². The molecule has 2 aromatic carbocycles. The van der Waals surface area contributed by atoms with E-state index in [1.807, 2.05) is 0 Å². The molecular weight excluding hydrogens is 312 g/mol. The van der Waals surface area contributed by atoms with E-state index in [-0.39, 0.29) is 22.9 Å². The van der Waals surface area contributed by atoms with Crippen LogP contribution in [0.3, 0.4) is 0 Å². The molecule has 0 unspecified atom stereocenters. The molecule has 22 heavy (non-hydrogen) atoms. The molecule has 3 N–H and O–H groups in total. The highest BCUT2D eigenvalue weighted by Crippen LogP contribution is 2.23. The molecule has 0 aromatic heterocycles. The number of rotatable bonds is 3. The molecule has 0 bridgehead atoms. The van der Waals surface area contributed by atoms with Crippen LogP contribution in [0, 0.1) is 5.82 Å². The van der Waals surface area contributed by atoms with Gasteiger partial charge in [-0.1, -0.05) is 0 Å². The van der Waals surface area contributed by atoms with E-state index in [1.54, 1.807) is 0 Å². The number of fused-ring (bicyclic) bond motifs is 1. The predicted molar refractivity (Wildman–Crippen MR) is 77.7 cm³/mol. The number of phenolic OH excluding ortho intramolecular Hbond substituents is 1. The lowest BCUT2D eigenvalue weighted by Crippen LogP contribution is -2.29. The van der Waals surface area contributed by atoms with Crippen LogP contribution in [-0.4, -0.2) is 25.7 Å². The first-order chi connectivity index (χ1) is 10.4. The Morgan fingerprint density at radius 1 is 1.23 bits per heavy atom. The van der Waals surface area contributed by atoms with Crippen molar-refractivity contribution >= 4 is 28.3 Å². The van der Waals surface area contributed by atoms with Crippen molar-refractivity contribution in [3.8, 4) is 5.75 Å². The summed E-state index contributed by atoms with van der Waals surface area (Å²) in [5.74, 6) is -0.846. The zero-order valence-electron chi connectivity index (χ0n) is 11.2. The third-order valence-electron chi connectivity index (χ3n) is 3.28. The van der Waals surface area contributed by atoms with E-state index in [0.717, 1.165) is 6.07 Å². The van der Waals surface area contributed by atoms with Crippen molar-refractivity contribution in [2.75, 3.05) is 4.72 Å². The highest BCUT2D eigenvalue weighted by Gasteiger charge is 2.29. The summed E-state index contributed by atoms with van der Waals surface area (Å²) in [5.41, 5.74) is 0.513. The number of sulfonamides is 1. The smallest absolute Gasteiger partial charge is 0.491 e. The van der Waals surface area contributed by atoms with Gasteiger partial charge in [0, 0.05) is 0 Å². The Kier molecular flexibility index (Phi) is 3.55. The molecular formula is C13H11BFNO5S. The van der Waals surface area contributed by atoms with Crippen LogP contribution in [0.1, 0.15) is 5.56 Å². The highest BCUT2D eigenvalue weighted by atomic mass is 32.2. The van der Waals surface area contributed by atoms with Gasteiger partial charge in [0.1, 0.15) is 11.6 Å². The van der Waals surface area contributed by atoms with Gasteiger partial charge in [0.15, 0.2) is 0 Å². The molecule has 6 nitrogen and oxygen atoms in total. The number of benzene rings is 2. The maximum atomic E-state index is 14.0. The Balaban J connectivity index is 1.96. The van der Waals surface area contributed by atoms with E-state index in [4.69, 9.17) is 4.65 Å². The Hall–Kier alpha value is -2.10. The third-order valence-corrected chi connectivity index (χ3v) is 4.66. The standard InChI is InChI=1S/C13H11BFNO5S/c15-12-5-8-7-21-14(18)11(8)6-13(12)16-22(19,20)10-3-1-9(17)2-4-10/h1-6,16-18H,7H2.